The molecule has 0 amide bonds. The molecule has 0 radical (unpaired) electrons. The van der Waals surface area contributed by atoms with Crippen LogP contribution in [0.4, 0.5) is 4.39 Å². The summed E-state index contributed by atoms with van der Waals surface area (Å²) < 4.78 is 13.6. The van der Waals surface area contributed by atoms with Gasteiger partial charge in [0.05, 0.1) is 6.10 Å². The highest BCUT2D eigenvalue weighted by molar-refractivity contribution is 8.00. The van der Waals surface area contributed by atoms with E-state index in [2.05, 4.69) is 0 Å². The maximum atomic E-state index is 13.6. The fraction of sp³-hybridized carbons (Fsp3) is 0.500. The lowest BCUT2D eigenvalue weighted by Gasteiger charge is -2.15. The van der Waals surface area contributed by atoms with E-state index in [0.29, 0.717) is 16.9 Å². The second kappa shape index (κ2) is 6.23. The number of hydrogen-bond acceptors (Lipinski definition) is 3. The van der Waals surface area contributed by atoms with Crippen LogP contribution in [0.5, 0.6) is 0 Å². The fourth-order valence-electron chi connectivity index (χ4n) is 1.42. The van der Waals surface area contributed by atoms with Gasteiger partial charge < -0.3 is 10.2 Å². The third-order valence-corrected chi connectivity index (χ3v) is 3.61. The molecule has 0 aromatic heterocycles. The zero-order chi connectivity index (χ0) is 12.1. The molecule has 0 heterocycles. The van der Waals surface area contributed by atoms with Crippen molar-refractivity contribution in [1.29, 1.82) is 0 Å². The van der Waals surface area contributed by atoms with Crippen LogP contribution in [-0.4, -0.2) is 22.1 Å². The maximum Gasteiger partial charge on any atom is 0.137 e. The molecule has 2 atom stereocenters. The summed E-state index contributed by atoms with van der Waals surface area (Å²) in [5.74, 6) is -0.312. The summed E-state index contributed by atoms with van der Waals surface area (Å²) in [6.45, 7) is 3.64. The van der Waals surface area contributed by atoms with Gasteiger partial charge in [0.1, 0.15) is 5.82 Å². The van der Waals surface area contributed by atoms with Gasteiger partial charge in [-0.2, -0.15) is 0 Å². The first-order chi connectivity index (χ1) is 7.56. The first-order valence-corrected chi connectivity index (χ1v) is 6.18. The maximum absolute atomic E-state index is 13.6. The Morgan fingerprint density at radius 3 is 2.62 bits per heavy atom. The van der Waals surface area contributed by atoms with Crippen LogP contribution in [0.2, 0.25) is 0 Å². The number of aliphatic hydroxyl groups excluding tert-OH is 2. The van der Waals surface area contributed by atoms with Crippen LogP contribution in [0.1, 0.15) is 31.9 Å². The third-order valence-electron chi connectivity index (χ3n) is 2.30. The Bertz CT molecular complexity index is 342. The molecule has 0 saturated heterocycles. The van der Waals surface area contributed by atoms with E-state index in [-0.39, 0.29) is 17.7 Å². The summed E-state index contributed by atoms with van der Waals surface area (Å²) in [6, 6.07) is 4.71. The van der Waals surface area contributed by atoms with E-state index >= 15 is 0 Å². The van der Waals surface area contributed by atoms with Crippen LogP contribution in [0.3, 0.4) is 0 Å². The van der Waals surface area contributed by atoms with Crippen molar-refractivity contribution in [1.82, 2.24) is 0 Å². The highest BCUT2D eigenvalue weighted by Gasteiger charge is 2.15. The number of hydrogen-bond donors (Lipinski definition) is 2. The lowest BCUT2D eigenvalue weighted by molar-refractivity contribution is 0.195. The van der Waals surface area contributed by atoms with E-state index in [9.17, 15) is 9.50 Å². The number of thioether (sulfide) groups is 1. The van der Waals surface area contributed by atoms with Crippen molar-refractivity contribution in [3.8, 4) is 0 Å². The minimum absolute atomic E-state index is 0.0899. The van der Waals surface area contributed by atoms with Crippen molar-refractivity contribution in [2.24, 2.45) is 0 Å². The predicted molar refractivity (Wildman–Crippen MR) is 64.1 cm³/mol. The van der Waals surface area contributed by atoms with Crippen LogP contribution in [-0.2, 0) is 0 Å². The first-order valence-electron chi connectivity index (χ1n) is 5.30. The van der Waals surface area contributed by atoms with Crippen molar-refractivity contribution in [3.05, 3.63) is 29.6 Å². The van der Waals surface area contributed by atoms with Gasteiger partial charge in [0.15, 0.2) is 0 Å². The van der Waals surface area contributed by atoms with Gasteiger partial charge >= 0.3 is 0 Å². The van der Waals surface area contributed by atoms with Crippen molar-refractivity contribution >= 4 is 11.8 Å². The lowest BCUT2D eigenvalue weighted by atomic mass is 10.1. The molecule has 0 bridgehead atoms. The van der Waals surface area contributed by atoms with Gasteiger partial charge in [-0.15, -0.1) is 11.8 Å². The monoisotopic (exact) mass is 244 g/mol. The van der Waals surface area contributed by atoms with Crippen LogP contribution >= 0.6 is 11.8 Å². The molecule has 2 nitrogen and oxygen atoms in total. The lowest BCUT2D eigenvalue weighted by Crippen LogP contribution is -2.03. The van der Waals surface area contributed by atoms with E-state index in [1.165, 1.54) is 17.8 Å². The molecule has 1 aromatic carbocycles. The zero-order valence-electron chi connectivity index (χ0n) is 9.48. The number of halogens is 1. The Kier molecular flexibility index (Phi) is 5.25. The molecule has 0 spiro atoms. The van der Waals surface area contributed by atoms with E-state index < -0.39 is 6.10 Å². The molecule has 90 valence electrons. The summed E-state index contributed by atoms with van der Waals surface area (Å²) in [6.07, 6.45) is -0.0716. The molecule has 1 unspecified atom stereocenters. The van der Waals surface area contributed by atoms with Gasteiger partial charge in [0.2, 0.25) is 0 Å². The SMILES string of the molecule is CC(CCO)Sc1c(F)cccc1[C@H](C)O. The van der Waals surface area contributed by atoms with Crippen LogP contribution < -0.4 is 0 Å². The average Bonchev–Trinajstić information content (AvgIpc) is 2.21. The van der Waals surface area contributed by atoms with Crippen LogP contribution in [0, 0.1) is 5.82 Å². The van der Waals surface area contributed by atoms with Crippen molar-refractivity contribution < 1.29 is 14.6 Å². The van der Waals surface area contributed by atoms with Crippen LogP contribution in [0.15, 0.2) is 23.1 Å². The molecule has 0 aliphatic rings. The Labute approximate surface area is 99.5 Å². The number of aliphatic hydroxyl groups is 2. The van der Waals surface area contributed by atoms with Gasteiger partial charge in [-0.1, -0.05) is 19.1 Å². The number of rotatable bonds is 5. The van der Waals surface area contributed by atoms with E-state index in [4.69, 9.17) is 5.11 Å². The molecule has 0 aliphatic heterocycles. The Balaban J connectivity index is 2.92. The molecule has 4 heteroatoms. The molecule has 1 aromatic rings. The second-order valence-corrected chi connectivity index (χ2v) is 5.22. The first kappa shape index (κ1) is 13.5. The molecule has 0 aliphatic carbocycles. The molecule has 2 N–H and O–H groups in total. The largest absolute Gasteiger partial charge is 0.396 e. The molecule has 1 rings (SSSR count). The third kappa shape index (κ3) is 3.47. The fourth-order valence-corrected chi connectivity index (χ4v) is 2.60. The van der Waals surface area contributed by atoms with Gasteiger partial charge in [-0.3, -0.25) is 0 Å². The smallest absolute Gasteiger partial charge is 0.137 e. The highest BCUT2D eigenvalue weighted by atomic mass is 32.2. The summed E-state index contributed by atoms with van der Waals surface area (Å²) in [5, 5.41) is 18.5. The van der Waals surface area contributed by atoms with Crippen LogP contribution in [0.25, 0.3) is 0 Å². The summed E-state index contributed by atoms with van der Waals surface area (Å²) in [7, 11) is 0. The Hall–Kier alpha value is -0.580. The summed E-state index contributed by atoms with van der Waals surface area (Å²) >= 11 is 1.35. The Morgan fingerprint density at radius 1 is 1.38 bits per heavy atom. The van der Waals surface area contributed by atoms with Gasteiger partial charge in [0, 0.05) is 16.8 Å². The van der Waals surface area contributed by atoms with E-state index in [1.54, 1.807) is 19.1 Å². The minimum Gasteiger partial charge on any atom is -0.396 e. The normalized spacial score (nSPS) is 14.8. The quantitative estimate of drug-likeness (QED) is 0.782. The van der Waals surface area contributed by atoms with Crippen molar-refractivity contribution in [3.63, 3.8) is 0 Å². The predicted octanol–water partition coefficient (Wildman–Crippen LogP) is 2.74. The standard InChI is InChI=1S/C12H17FO2S/c1-8(6-7-14)16-12-10(9(2)15)4-3-5-11(12)13/h3-5,8-9,14-15H,6-7H2,1-2H3/t8?,9-/m0/s1. The average molecular weight is 244 g/mol. The second-order valence-electron chi connectivity index (χ2n) is 3.77. The van der Waals surface area contributed by atoms with Crippen molar-refractivity contribution in [2.75, 3.05) is 6.61 Å². The minimum atomic E-state index is -0.681. The number of benzene rings is 1. The zero-order valence-corrected chi connectivity index (χ0v) is 10.3. The van der Waals surface area contributed by atoms with Gasteiger partial charge in [0.25, 0.3) is 0 Å². The molecule has 0 saturated carbocycles. The Morgan fingerprint density at radius 2 is 2.06 bits per heavy atom. The topological polar surface area (TPSA) is 40.5 Å². The molecule has 0 fully saturated rings. The van der Waals surface area contributed by atoms with Gasteiger partial charge in [-0.05, 0) is 25.0 Å². The molecular weight excluding hydrogens is 227 g/mol. The molecular formula is C12H17FO2S. The summed E-state index contributed by atoms with van der Waals surface area (Å²) in [5.41, 5.74) is 0.606. The summed E-state index contributed by atoms with van der Waals surface area (Å²) in [4.78, 5) is 0.485. The molecule has 16 heavy (non-hydrogen) atoms. The highest BCUT2D eigenvalue weighted by Crippen LogP contribution is 2.33. The van der Waals surface area contributed by atoms with E-state index in [0.717, 1.165) is 0 Å². The van der Waals surface area contributed by atoms with Crippen molar-refractivity contribution in [2.45, 2.75) is 36.5 Å². The van der Waals surface area contributed by atoms with E-state index in [1.807, 2.05) is 6.92 Å². The van der Waals surface area contributed by atoms with Gasteiger partial charge in [-0.25, -0.2) is 4.39 Å².